The van der Waals surface area contributed by atoms with Crippen LogP contribution in [0.5, 0.6) is 5.75 Å². The van der Waals surface area contributed by atoms with Gasteiger partial charge in [0, 0.05) is 17.0 Å². The first-order valence-electron chi connectivity index (χ1n) is 11.9. The lowest BCUT2D eigenvalue weighted by molar-refractivity contribution is 0.303. The van der Waals surface area contributed by atoms with Crippen LogP contribution in [-0.4, -0.2) is 16.2 Å². The summed E-state index contributed by atoms with van der Waals surface area (Å²) in [4.78, 5) is 21.1. The second-order valence-electron chi connectivity index (χ2n) is 9.02. The third kappa shape index (κ3) is 4.60. The maximum Gasteiger partial charge on any atom is 0.262 e. The van der Waals surface area contributed by atoms with Crippen molar-refractivity contribution in [3.8, 4) is 17.1 Å². The van der Waals surface area contributed by atoms with Crippen molar-refractivity contribution in [3.63, 3.8) is 0 Å². The first-order chi connectivity index (χ1) is 16.1. The first-order valence-corrected chi connectivity index (χ1v) is 12.7. The molecule has 2 aromatic heterocycles. The van der Waals surface area contributed by atoms with E-state index in [0.717, 1.165) is 59.5 Å². The van der Waals surface area contributed by atoms with Gasteiger partial charge in [-0.15, -0.1) is 11.3 Å². The number of unbranched alkanes of at least 4 members (excludes halogenated alkanes) is 1. The molecular formula is C28H30N2O2S. The van der Waals surface area contributed by atoms with Crippen molar-refractivity contribution >= 4 is 21.6 Å². The summed E-state index contributed by atoms with van der Waals surface area (Å²) in [6.07, 6.45) is 6.19. The van der Waals surface area contributed by atoms with Gasteiger partial charge in [0.2, 0.25) is 0 Å². The number of aromatic nitrogens is 2. The highest BCUT2D eigenvalue weighted by Crippen LogP contribution is 2.35. The first kappa shape index (κ1) is 21.9. The second kappa shape index (κ2) is 9.52. The Labute approximate surface area is 198 Å². The Morgan fingerprint density at radius 1 is 1.00 bits per heavy atom. The molecule has 5 rings (SSSR count). The van der Waals surface area contributed by atoms with Gasteiger partial charge < -0.3 is 4.74 Å². The van der Waals surface area contributed by atoms with Crippen LogP contribution in [0.3, 0.4) is 0 Å². The van der Waals surface area contributed by atoms with Crippen LogP contribution in [0.25, 0.3) is 21.6 Å². The Balaban J connectivity index is 1.42. The SMILES string of the molecule is Cc1ccc(OCCCCn2c(-c3cccc(C)c3)nc3sc4c(c3c2=O)CCCC4)cc1. The molecule has 0 spiro atoms. The number of ether oxygens (including phenoxy) is 1. The van der Waals surface area contributed by atoms with Gasteiger partial charge in [0.25, 0.3) is 5.56 Å². The number of benzene rings is 2. The molecule has 0 aliphatic heterocycles. The summed E-state index contributed by atoms with van der Waals surface area (Å²) in [6.45, 7) is 5.44. The van der Waals surface area contributed by atoms with Crippen LogP contribution >= 0.6 is 11.3 Å². The van der Waals surface area contributed by atoms with E-state index in [1.54, 1.807) is 11.3 Å². The molecule has 0 atom stereocenters. The minimum atomic E-state index is 0.121. The van der Waals surface area contributed by atoms with E-state index in [0.29, 0.717) is 13.2 Å². The van der Waals surface area contributed by atoms with Crippen molar-refractivity contribution < 1.29 is 4.74 Å². The molecule has 4 nitrogen and oxygen atoms in total. The summed E-state index contributed by atoms with van der Waals surface area (Å²) >= 11 is 1.72. The number of hydrogen-bond acceptors (Lipinski definition) is 4. The van der Waals surface area contributed by atoms with E-state index in [1.807, 2.05) is 22.8 Å². The van der Waals surface area contributed by atoms with Crippen molar-refractivity contribution in [1.82, 2.24) is 9.55 Å². The maximum absolute atomic E-state index is 13.8. The average molecular weight is 459 g/mol. The van der Waals surface area contributed by atoms with Gasteiger partial charge in [-0.25, -0.2) is 4.98 Å². The molecule has 0 bridgehead atoms. The number of hydrogen-bond donors (Lipinski definition) is 0. The number of nitrogens with zero attached hydrogens (tertiary/aromatic N) is 2. The molecule has 0 radical (unpaired) electrons. The Morgan fingerprint density at radius 3 is 2.64 bits per heavy atom. The summed E-state index contributed by atoms with van der Waals surface area (Å²) in [5.74, 6) is 1.68. The predicted molar refractivity (Wildman–Crippen MR) is 137 cm³/mol. The average Bonchev–Trinajstić information content (AvgIpc) is 3.20. The largest absolute Gasteiger partial charge is 0.494 e. The third-order valence-corrected chi connectivity index (χ3v) is 7.60. The van der Waals surface area contributed by atoms with Crippen molar-refractivity contribution in [2.45, 2.75) is 58.9 Å². The van der Waals surface area contributed by atoms with Crippen LogP contribution in [-0.2, 0) is 19.4 Å². The van der Waals surface area contributed by atoms with E-state index in [2.05, 4.69) is 44.2 Å². The standard InChI is InChI=1S/C28H30N2O2S/c1-19-12-14-22(15-13-19)32-17-6-5-16-30-26(21-9-7-8-20(2)18-21)29-27-25(28(30)31)23-10-3-4-11-24(23)33-27/h7-9,12-15,18H,3-6,10-11,16-17H2,1-2H3. The molecule has 170 valence electrons. The minimum Gasteiger partial charge on any atom is -0.494 e. The van der Waals surface area contributed by atoms with E-state index < -0.39 is 0 Å². The highest BCUT2D eigenvalue weighted by Gasteiger charge is 2.22. The molecule has 33 heavy (non-hydrogen) atoms. The summed E-state index contributed by atoms with van der Waals surface area (Å²) < 4.78 is 7.80. The van der Waals surface area contributed by atoms with Gasteiger partial charge in [-0.3, -0.25) is 9.36 Å². The van der Waals surface area contributed by atoms with E-state index in [-0.39, 0.29) is 5.56 Å². The Hall–Kier alpha value is -2.92. The van der Waals surface area contributed by atoms with Gasteiger partial charge in [0.15, 0.2) is 0 Å². The minimum absolute atomic E-state index is 0.121. The number of aryl methyl sites for hydroxylation is 4. The summed E-state index contributed by atoms with van der Waals surface area (Å²) in [6, 6.07) is 16.4. The second-order valence-corrected chi connectivity index (χ2v) is 10.1. The molecule has 0 fully saturated rings. The fraction of sp³-hybridized carbons (Fsp3) is 0.357. The van der Waals surface area contributed by atoms with Crippen LogP contribution in [0.2, 0.25) is 0 Å². The molecule has 0 saturated carbocycles. The zero-order chi connectivity index (χ0) is 22.8. The lowest BCUT2D eigenvalue weighted by atomic mass is 9.97. The quantitative estimate of drug-likeness (QED) is 0.298. The highest BCUT2D eigenvalue weighted by atomic mass is 32.1. The molecule has 5 heteroatoms. The highest BCUT2D eigenvalue weighted by molar-refractivity contribution is 7.18. The normalized spacial score (nSPS) is 13.3. The molecule has 0 unspecified atom stereocenters. The van der Waals surface area contributed by atoms with Crippen LogP contribution in [0.15, 0.2) is 53.3 Å². The lowest BCUT2D eigenvalue weighted by Gasteiger charge is -2.14. The van der Waals surface area contributed by atoms with Crippen LogP contribution in [0.1, 0.15) is 47.3 Å². The Bertz CT molecular complexity index is 1330. The van der Waals surface area contributed by atoms with Gasteiger partial charge >= 0.3 is 0 Å². The van der Waals surface area contributed by atoms with Gasteiger partial charge in [-0.2, -0.15) is 0 Å². The monoisotopic (exact) mass is 458 g/mol. The fourth-order valence-electron chi connectivity index (χ4n) is 4.65. The number of fused-ring (bicyclic) bond motifs is 3. The van der Waals surface area contributed by atoms with E-state index in [9.17, 15) is 4.79 Å². The number of thiophene rings is 1. The predicted octanol–water partition coefficient (Wildman–Crippen LogP) is 6.48. The summed E-state index contributed by atoms with van der Waals surface area (Å²) in [5.41, 5.74) is 4.78. The van der Waals surface area contributed by atoms with Crippen molar-refractivity contribution in [3.05, 3.63) is 80.5 Å². The lowest BCUT2D eigenvalue weighted by Crippen LogP contribution is -2.24. The van der Waals surface area contributed by atoms with E-state index in [4.69, 9.17) is 9.72 Å². The zero-order valence-corrected chi connectivity index (χ0v) is 20.2. The Kier molecular flexibility index (Phi) is 6.32. The van der Waals surface area contributed by atoms with Crippen LogP contribution in [0.4, 0.5) is 0 Å². The smallest absolute Gasteiger partial charge is 0.262 e. The molecule has 0 amide bonds. The molecule has 2 heterocycles. The molecule has 4 aromatic rings. The van der Waals surface area contributed by atoms with E-state index in [1.165, 1.54) is 28.0 Å². The molecule has 0 N–H and O–H groups in total. The van der Waals surface area contributed by atoms with Crippen molar-refractivity contribution in [1.29, 1.82) is 0 Å². The molecule has 2 aromatic carbocycles. The Morgan fingerprint density at radius 2 is 1.82 bits per heavy atom. The van der Waals surface area contributed by atoms with Crippen molar-refractivity contribution in [2.75, 3.05) is 6.61 Å². The van der Waals surface area contributed by atoms with Crippen LogP contribution < -0.4 is 10.3 Å². The molecule has 1 aliphatic rings. The summed E-state index contributed by atoms with van der Waals surface area (Å²) in [5, 5.41) is 0.863. The fourth-order valence-corrected chi connectivity index (χ4v) is 5.90. The van der Waals surface area contributed by atoms with Crippen molar-refractivity contribution in [2.24, 2.45) is 0 Å². The third-order valence-electron chi connectivity index (χ3n) is 6.42. The summed E-state index contributed by atoms with van der Waals surface area (Å²) in [7, 11) is 0. The van der Waals surface area contributed by atoms with Gasteiger partial charge in [0.05, 0.1) is 12.0 Å². The molecule has 0 saturated heterocycles. The van der Waals surface area contributed by atoms with Gasteiger partial charge in [-0.05, 0) is 76.1 Å². The van der Waals surface area contributed by atoms with Gasteiger partial charge in [-0.1, -0.05) is 41.5 Å². The number of rotatable bonds is 7. The maximum atomic E-state index is 13.8. The van der Waals surface area contributed by atoms with Gasteiger partial charge in [0.1, 0.15) is 16.4 Å². The molecular weight excluding hydrogens is 428 g/mol. The van der Waals surface area contributed by atoms with E-state index >= 15 is 0 Å². The molecule has 1 aliphatic carbocycles. The van der Waals surface area contributed by atoms with Crippen LogP contribution in [0, 0.1) is 13.8 Å². The topological polar surface area (TPSA) is 44.1 Å². The zero-order valence-electron chi connectivity index (χ0n) is 19.4.